The van der Waals surface area contributed by atoms with E-state index in [1.54, 1.807) is 59.9 Å². The number of nitro benzene ring substituents is 2. The van der Waals surface area contributed by atoms with E-state index in [4.69, 9.17) is 16.7 Å². The van der Waals surface area contributed by atoms with Crippen molar-refractivity contribution >= 4 is 89.8 Å². The summed E-state index contributed by atoms with van der Waals surface area (Å²) < 4.78 is 48.7. The number of rotatable bonds is 18. The Morgan fingerprint density at radius 2 is 1.11 bits per heavy atom. The van der Waals surface area contributed by atoms with E-state index < -0.39 is 14.9 Å². The number of aromatic nitrogens is 4. The summed E-state index contributed by atoms with van der Waals surface area (Å²) in [6.45, 7) is 0.960. The topological polar surface area (TPSA) is 222 Å². The number of benzene rings is 8. The van der Waals surface area contributed by atoms with Crippen LogP contribution in [0.5, 0.6) is 0 Å². The number of nitrogens with two attached hydrogens (primary N) is 1. The van der Waals surface area contributed by atoms with Gasteiger partial charge in [-0.2, -0.15) is 0 Å². The largest absolute Gasteiger partial charge is 0.379 e. The fourth-order valence-electron chi connectivity index (χ4n) is 7.98. The van der Waals surface area contributed by atoms with E-state index >= 15 is 0 Å². The van der Waals surface area contributed by atoms with Crippen molar-refractivity contribution in [2.24, 2.45) is 5.14 Å². The van der Waals surface area contributed by atoms with Gasteiger partial charge in [0.15, 0.2) is 0 Å². The van der Waals surface area contributed by atoms with Crippen molar-refractivity contribution in [3.63, 3.8) is 0 Å². The molecular weight excluding hydrogens is 1090 g/mol. The third kappa shape index (κ3) is 16.1. The van der Waals surface area contributed by atoms with Crippen LogP contribution in [0.4, 0.5) is 31.7 Å². The number of nitro groups is 2. The number of primary sulfonamides is 1. The Labute approximate surface area is 467 Å². The average molecular weight is 1140 g/mol. The summed E-state index contributed by atoms with van der Waals surface area (Å²) in [7, 11) is -3.95. The minimum absolute atomic E-state index is 0.0329. The van der Waals surface area contributed by atoms with Crippen molar-refractivity contribution in [2.45, 2.75) is 34.1 Å². The summed E-state index contributed by atoms with van der Waals surface area (Å²) in [6, 6.07) is 53.0. The van der Waals surface area contributed by atoms with Crippen molar-refractivity contribution in [2.75, 3.05) is 28.7 Å². The van der Waals surface area contributed by atoms with E-state index in [0.717, 1.165) is 83.4 Å². The Bertz CT molecular complexity index is 3840. The summed E-state index contributed by atoms with van der Waals surface area (Å²) >= 11 is 9.35. The van der Waals surface area contributed by atoms with Gasteiger partial charge in [0.2, 0.25) is 10.0 Å². The van der Waals surface area contributed by atoms with Gasteiger partial charge in [-0.3, -0.25) is 20.2 Å². The van der Waals surface area contributed by atoms with Gasteiger partial charge in [0, 0.05) is 57.1 Å². The lowest BCUT2D eigenvalue weighted by atomic mass is 10.0. The zero-order valence-corrected chi connectivity index (χ0v) is 45.0. The maximum absolute atomic E-state index is 13.3. The summed E-state index contributed by atoms with van der Waals surface area (Å²) in [5, 5.41) is 36.4. The molecule has 0 saturated heterocycles. The number of hydrogen-bond acceptors (Lipinski definition) is 14. The molecule has 10 rings (SSSR count). The number of fused-ring (bicyclic) bond motifs is 2. The summed E-state index contributed by atoms with van der Waals surface area (Å²) in [4.78, 5) is 40.8. The van der Waals surface area contributed by atoms with Crippen LogP contribution in [0.1, 0.15) is 17.5 Å². The first-order valence-electron chi connectivity index (χ1n) is 24.3. The number of hydrogen-bond donors (Lipinski definition) is 3. The number of halogens is 3. The highest BCUT2D eigenvalue weighted by atomic mass is 35.5. The van der Waals surface area contributed by atoms with E-state index in [0.29, 0.717) is 41.7 Å². The first kappa shape index (κ1) is 56.8. The monoisotopic (exact) mass is 1140 g/mol. The van der Waals surface area contributed by atoms with Gasteiger partial charge in [-0.15, -0.1) is 23.5 Å². The SMILES string of the molecule is Fc1ccc(-c2ccc3c(Cl)ncnc3c2)cc1.NS(=O)(=O)c1ccc(CCCSc2ccccc2)c([N+](=O)[O-])c1.O=[N+]([O-])c1cc(CNc2ncnc3cc(-c4ccc(F)cc4)ccc23)ccc1NCCSc1ccccc1. The van der Waals surface area contributed by atoms with Gasteiger partial charge in [-0.1, -0.05) is 96.5 Å². The van der Waals surface area contributed by atoms with Gasteiger partial charge < -0.3 is 10.6 Å². The van der Waals surface area contributed by atoms with Crippen molar-refractivity contribution in [3.05, 3.63) is 243 Å². The molecule has 21 heteroatoms. The molecule has 0 aliphatic carbocycles. The van der Waals surface area contributed by atoms with Gasteiger partial charge in [0.05, 0.1) is 25.8 Å². The van der Waals surface area contributed by atoms with Gasteiger partial charge in [0.1, 0.15) is 40.9 Å². The zero-order valence-electron chi connectivity index (χ0n) is 41.8. The van der Waals surface area contributed by atoms with Gasteiger partial charge in [-0.05, 0) is 131 Å². The molecule has 10 aromatic rings. The number of nitrogens with one attached hydrogen (secondary N) is 2. The van der Waals surface area contributed by atoms with Gasteiger partial charge in [-0.25, -0.2) is 42.3 Å². The van der Waals surface area contributed by atoms with Crippen molar-refractivity contribution < 1.29 is 27.0 Å². The smallest absolute Gasteiger partial charge is 0.292 e. The summed E-state index contributed by atoms with van der Waals surface area (Å²) in [5.74, 6) is 1.70. The predicted octanol–water partition coefficient (Wildman–Crippen LogP) is 14.2. The maximum atomic E-state index is 13.3. The van der Waals surface area contributed by atoms with Crippen LogP contribution < -0.4 is 15.8 Å². The second-order valence-electron chi connectivity index (χ2n) is 17.3. The van der Waals surface area contributed by atoms with Crippen LogP contribution in [0.3, 0.4) is 0 Å². The average Bonchev–Trinajstić information content (AvgIpc) is 3.48. The Morgan fingerprint density at radius 1 is 0.570 bits per heavy atom. The van der Waals surface area contributed by atoms with E-state index in [1.165, 1.54) is 49.1 Å². The van der Waals surface area contributed by atoms with Crippen LogP contribution in [-0.4, -0.2) is 56.3 Å². The molecule has 0 amide bonds. The highest BCUT2D eigenvalue weighted by Gasteiger charge is 2.19. The predicted molar refractivity (Wildman–Crippen MR) is 311 cm³/mol. The van der Waals surface area contributed by atoms with E-state index in [1.807, 2.05) is 103 Å². The molecule has 0 fully saturated rings. The lowest BCUT2D eigenvalue weighted by Crippen LogP contribution is -2.12. The molecule has 2 heterocycles. The molecule has 79 heavy (non-hydrogen) atoms. The van der Waals surface area contributed by atoms with Crippen LogP contribution in [0, 0.1) is 31.9 Å². The summed E-state index contributed by atoms with van der Waals surface area (Å²) in [6.07, 6.45) is 4.15. The molecule has 15 nitrogen and oxygen atoms in total. The fraction of sp³-hybridized carbons (Fsp3) is 0.103. The van der Waals surface area contributed by atoms with E-state index in [2.05, 4.69) is 30.6 Å². The van der Waals surface area contributed by atoms with Crippen LogP contribution >= 0.6 is 35.1 Å². The standard InChI is InChI=1S/C29H24FN5O2S.C15H16N2O4S2.C14H8ClFN2/c30-23-10-7-21(8-11-23)22-9-12-25-27(17-22)33-19-34-29(25)32-18-20-6-13-26(28(16-20)35(36)37)31-14-15-38-24-4-2-1-3-5-24;16-23(20,21)14-9-8-12(15(11-14)17(18)19)5-4-10-22-13-6-2-1-3-7-13;15-14-12-6-3-10(7-13(12)17-8-18-14)9-1-4-11(16)5-2-9/h1-13,16-17,19,31H,14-15,18H2,(H,32,33,34);1-3,6-9,11H,4-5,10H2,(H2,16,20,21);1-8H. The Balaban J connectivity index is 0.000000170. The molecule has 0 bridgehead atoms. The van der Waals surface area contributed by atoms with Gasteiger partial charge in [0.25, 0.3) is 11.4 Å². The second-order valence-corrected chi connectivity index (χ2v) is 21.5. The molecule has 4 N–H and O–H groups in total. The number of nitrogens with zero attached hydrogens (tertiary/aromatic N) is 6. The molecule has 0 atom stereocenters. The molecule has 0 unspecified atom stereocenters. The molecule has 0 spiro atoms. The van der Waals surface area contributed by atoms with Crippen molar-refractivity contribution in [1.29, 1.82) is 0 Å². The second kappa shape index (κ2) is 27.3. The Hall–Kier alpha value is -8.40. The normalized spacial score (nSPS) is 11.0. The number of aryl methyl sites for hydroxylation is 1. The summed E-state index contributed by atoms with van der Waals surface area (Å²) in [5.41, 5.74) is 6.82. The first-order chi connectivity index (χ1) is 38.2. The minimum atomic E-state index is -3.95. The molecular formula is C58H48ClF2N9O6S3. The number of anilines is 2. The highest BCUT2D eigenvalue weighted by Crippen LogP contribution is 2.31. The molecule has 0 aliphatic heterocycles. The van der Waals surface area contributed by atoms with Crippen molar-refractivity contribution in [3.8, 4) is 22.3 Å². The van der Waals surface area contributed by atoms with E-state index in [-0.39, 0.29) is 32.8 Å². The Morgan fingerprint density at radius 3 is 1.70 bits per heavy atom. The quantitative estimate of drug-likeness (QED) is 0.0239. The lowest BCUT2D eigenvalue weighted by molar-refractivity contribution is -0.385. The highest BCUT2D eigenvalue weighted by molar-refractivity contribution is 7.99. The minimum Gasteiger partial charge on any atom is -0.379 e. The van der Waals surface area contributed by atoms with E-state index in [9.17, 15) is 37.4 Å². The molecule has 0 saturated carbocycles. The van der Waals surface area contributed by atoms with Crippen LogP contribution in [0.25, 0.3) is 44.1 Å². The fourth-order valence-corrected chi connectivity index (χ4v) is 10.4. The molecule has 0 aliphatic rings. The van der Waals surface area contributed by atoms with Crippen LogP contribution in [0.2, 0.25) is 5.15 Å². The molecule has 0 radical (unpaired) electrons. The first-order valence-corrected chi connectivity index (χ1v) is 28.2. The maximum Gasteiger partial charge on any atom is 0.292 e. The number of sulfonamides is 1. The van der Waals surface area contributed by atoms with Gasteiger partial charge >= 0.3 is 0 Å². The zero-order chi connectivity index (χ0) is 55.7. The third-order valence-corrected chi connectivity index (χ3v) is 15.2. The molecule has 400 valence electrons. The number of thioether (sulfide) groups is 2. The molecule has 2 aromatic heterocycles. The lowest BCUT2D eigenvalue weighted by Gasteiger charge is -2.11. The van der Waals surface area contributed by atoms with Crippen LogP contribution in [-0.2, 0) is 23.0 Å². The Kier molecular flexibility index (Phi) is 19.6. The third-order valence-electron chi connectivity index (χ3n) is 11.9. The van der Waals surface area contributed by atoms with Crippen LogP contribution in [0.15, 0.2) is 209 Å². The molecule has 8 aromatic carbocycles. The van der Waals surface area contributed by atoms with Crippen molar-refractivity contribution in [1.82, 2.24) is 19.9 Å².